The van der Waals surface area contributed by atoms with Crippen molar-refractivity contribution in [3.05, 3.63) is 48.3 Å². The van der Waals surface area contributed by atoms with E-state index in [-0.39, 0.29) is 18.9 Å². The molecule has 0 aliphatic carbocycles. The Morgan fingerprint density at radius 2 is 1.85 bits per heavy atom. The maximum Gasteiger partial charge on any atom is 1.00 e. The van der Waals surface area contributed by atoms with Crippen LogP contribution in [0.3, 0.4) is 0 Å². The quantitative estimate of drug-likeness (QED) is 0.250. The van der Waals surface area contributed by atoms with E-state index in [0.717, 1.165) is 11.1 Å². The number of ether oxygens (including phenoxy) is 1. The molecule has 66 valence electrons. The van der Waals surface area contributed by atoms with Gasteiger partial charge in [-0.05, 0) is 18.6 Å². The van der Waals surface area contributed by atoms with Crippen molar-refractivity contribution >= 4 is 0 Å². The number of hydrogen-bond donors (Lipinski definition) is 0. The molecule has 0 spiro atoms. The Morgan fingerprint density at radius 3 is 2.31 bits per heavy atom. The van der Waals surface area contributed by atoms with E-state index in [4.69, 9.17) is 11.3 Å². The zero-order chi connectivity index (χ0) is 9.40. The monoisotopic (exact) mass is 170 g/mol. The Bertz CT molecular complexity index is 224. The van der Waals surface area contributed by atoms with Gasteiger partial charge in [-0.1, -0.05) is 13.0 Å². The second-order valence-corrected chi connectivity index (χ2v) is 2.55. The molecule has 0 aromatic carbocycles. The van der Waals surface area contributed by atoms with E-state index < -0.39 is 0 Å². The zero-order valence-corrected chi connectivity index (χ0v) is 8.87. The van der Waals surface area contributed by atoms with Gasteiger partial charge in [-0.3, -0.25) is 6.58 Å². The molecular weight excluding hydrogens is 155 g/mol. The molecule has 0 atom stereocenters. The van der Waals surface area contributed by atoms with Gasteiger partial charge in [-0.15, -0.1) is 6.08 Å². The largest absolute Gasteiger partial charge is 1.00 e. The van der Waals surface area contributed by atoms with Crippen molar-refractivity contribution in [3.8, 4) is 0 Å². The molecule has 0 aliphatic heterocycles. The maximum absolute atomic E-state index is 5.44. The molecule has 0 aromatic heterocycles. The van der Waals surface area contributed by atoms with E-state index >= 15 is 0 Å². The van der Waals surface area contributed by atoms with Crippen molar-refractivity contribution in [2.75, 3.05) is 7.11 Å². The summed E-state index contributed by atoms with van der Waals surface area (Å²) >= 11 is 0. The predicted octanol–water partition coefficient (Wildman–Crippen LogP) is 0.0323. The Hall–Kier alpha value is -0.643. The van der Waals surface area contributed by atoms with Crippen LogP contribution in [0, 0.1) is 6.58 Å². The minimum absolute atomic E-state index is 0. The van der Waals surface area contributed by atoms with E-state index in [1.165, 1.54) is 0 Å². The van der Waals surface area contributed by atoms with Crippen LogP contribution in [0.2, 0.25) is 0 Å². The van der Waals surface area contributed by atoms with Crippen LogP contribution in [0.15, 0.2) is 41.7 Å². The first-order valence-corrected chi connectivity index (χ1v) is 3.80. The molecule has 0 saturated carbocycles. The first-order chi connectivity index (χ1) is 5.66. The summed E-state index contributed by atoms with van der Waals surface area (Å²) in [5, 5.41) is 0. The number of rotatable bonds is 4. The first kappa shape index (κ1) is 14.9. The summed E-state index contributed by atoms with van der Waals surface area (Å²) in [5.41, 5.74) is 1.92. The van der Waals surface area contributed by atoms with Crippen molar-refractivity contribution < 1.29 is 23.6 Å². The smallest absolute Gasteiger partial charge is 0.504 e. The molecule has 13 heavy (non-hydrogen) atoms. The first-order valence-electron chi connectivity index (χ1n) is 3.80. The normalized spacial score (nSPS) is 11.8. The van der Waals surface area contributed by atoms with Crippen LogP contribution in [0.25, 0.3) is 0 Å². The molecule has 0 bridgehead atoms. The van der Waals surface area contributed by atoms with Gasteiger partial charge in [0, 0.05) is 0 Å². The number of allylic oxidation sites excluding steroid dienone is 6. The predicted molar refractivity (Wildman–Crippen MR) is 52.5 cm³/mol. The summed E-state index contributed by atoms with van der Waals surface area (Å²) in [7, 11) is 1.62. The third kappa shape index (κ3) is 11.4. The van der Waals surface area contributed by atoms with Crippen LogP contribution in [-0.2, 0) is 4.74 Å². The molecule has 0 fully saturated rings. The molecule has 0 unspecified atom stereocenters. The Balaban J connectivity index is 0. The van der Waals surface area contributed by atoms with Crippen LogP contribution in [0.1, 0.15) is 13.8 Å². The summed E-state index contributed by atoms with van der Waals surface area (Å²) in [6, 6.07) is 0. The third-order valence-corrected chi connectivity index (χ3v) is 1.19. The van der Waals surface area contributed by atoms with Crippen LogP contribution < -0.4 is 18.9 Å². The second kappa shape index (κ2) is 9.45. The summed E-state index contributed by atoms with van der Waals surface area (Å²) < 4.78 is 4.76. The number of hydrogen-bond acceptors (Lipinski definition) is 1. The van der Waals surface area contributed by atoms with E-state index in [2.05, 4.69) is 0 Å². The fraction of sp³-hybridized carbons (Fsp3) is 0.273. The summed E-state index contributed by atoms with van der Waals surface area (Å²) in [4.78, 5) is 0. The second-order valence-electron chi connectivity index (χ2n) is 2.55. The van der Waals surface area contributed by atoms with E-state index in [0.29, 0.717) is 0 Å². The molecule has 0 heterocycles. The van der Waals surface area contributed by atoms with E-state index in [1.807, 2.05) is 38.2 Å². The van der Waals surface area contributed by atoms with Gasteiger partial charge < -0.3 is 4.74 Å². The van der Waals surface area contributed by atoms with Gasteiger partial charge in [0.2, 0.25) is 0 Å². The Morgan fingerprint density at radius 1 is 1.23 bits per heavy atom. The van der Waals surface area contributed by atoms with Crippen LogP contribution in [0.5, 0.6) is 0 Å². The van der Waals surface area contributed by atoms with Gasteiger partial charge in [0.1, 0.15) is 0 Å². The molecule has 0 rings (SSSR count). The molecule has 0 aromatic rings. The van der Waals surface area contributed by atoms with Crippen molar-refractivity contribution in [2.24, 2.45) is 0 Å². The van der Waals surface area contributed by atoms with Gasteiger partial charge >= 0.3 is 18.9 Å². The van der Waals surface area contributed by atoms with Gasteiger partial charge in [0.15, 0.2) is 0 Å². The van der Waals surface area contributed by atoms with Gasteiger partial charge in [-0.2, -0.15) is 0 Å². The molecule has 1 nitrogen and oxygen atoms in total. The minimum atomic E-state index is 0. The molecule has 0 N–H and O–H groups in total. The van der Waals surface area contributed by atoms with Gasteiger partial charge in [-0.25, -0.2) is 11.6 Å². The topological polar surface area (TPSA) is 9.23 Å². The average Bonchev–Trinajstić information content (AvgIpc) is 2.00. The number of methoxy groups -OCH3 is 1. The Kier molecular flexibility index (Phi) is 10.8. The fourth-order valence-corrected chi connectivity index (χ4v) is 0.583. The summed E-state index contributed by atoms with van der Waals surface area (Å²) in [6.45, 7) is 9.28. The fourth-order valence-electron chi connectivity index (χ4n) is 0.583. The minimum Gasteiger partial charge on any atom is -0.504 e. The summed E-state index contributed by atoms with van der Waals surface area (Å²) in [6.07, 6.45) is 9.25. The van der Waals surface area contributed by atoms with Crippen molar-refractivity contribution in [2.45, 2.75) is 13.8 Å². The molecular formula is C11H15LiO. The zero-order valence-electron chi connectivity index (χ0n) is 8.87. The van der Waals surface area contributed by atoms with Crippen LogP contribution in [-0.4, -0.2) is 7.11 Å². The van der Waals surface area contributed by atoms with Crippen LogP contribution in [0.4, 0.5) is 0 Å². The Labute approximate surface area is 93.0 Å². The average molecular weight is 170 g/mol. The van der Waals surface area contributed by atoms with E-state index in [9.17, 15) is 0 Å². The molecule has 0 aliphatic rings. The van der Waals surface area contributed by atoms with Gasteiger partial charge in [0.05, 0.1) is 13.4 Å². The molecule has 0 amide bonds. The third-order valence-electron chi connectivity index (χ3n) is 1.19. The van der Waals surface area contributed by atoms with Crippen molar-refractivity contribution in [1.29, 1.82) is 0 Å². The molecule has 2 heteroatoms. The van der Waals surface area contributed by atoms with Gasteiger partial charge in [0.25, 0.3) is 0 Å². The SMILES string of the molecule is [CH-]=C(C)/C=C/C=C(C)/C=C/OC.[Li+]. The summed E-state index contributed by atoms with van der Waals surface area (Å²) in [5.74, 6) is 0. The molecule has 0 saturated heterocycles. The standard InChI is InChI=1S/C11H15O.Li/c1-10(2)6-5-7-11(3)8-9-12-4;/h1,5-9H,2-4H3;/q-1;+1/b6-5+,9-8+,11-7+;. The van der Waals surface area contributed by atoms with Crippen LogP contribution >= 0.6 is 0 Å². The van der Waals surface area contributed by atoms with Crippen molar-refractivity contribution in [3.63, 3.8) is 0 Å². The molecule has 0 radical (unpaired) electrons. The van der Waals surface area contributed by atoms with E-state index in [1.54, 1.807) is 13.4 Å². The maximum atomic E-state index is 5.44. The van der Waals surface area contributed by atoms with Crippen molar-refractivity contribution in [1.82, 2.24) is 0 Å².